The molecule has 6 nitrogen and oxygen atoms in total. The molecular formula is C20H23F2N3O3. The fourth-order valence-corrected chi connectivity index (χ4v) is 4.22. The molecule has 28 heavy (non-hydrogen) atoms. The van der Waals surface area contributed by atoms with Crippen molar-refractivity contribution in [2.75, 3.05) is 38.6 Å². The molecule has 0 spiro atoms. The monoisotopic (exact) mass is 391 g/mol. The van der Waals surface area contributed by atoms with Crippen LogP contribution >= 0.6 is 0 Å². The average Bonchev–Trinajstić information content (AvgIpc) is 3.36. The van der Waals surface area contributed by atoms with E-state index in [-0.39, 0.29) is 22.6 Å². The summed E-state index contributed by atoms with van der Waals surface area (Å²) in [7, 11) is 3.93. The van der Waals surface area contributed by atoms with Crippen molar-refractivity contribution < 1.29 is 18.7 Å². The maximum atomic E-state index is 15.5. The first kappa shape index (κ1) is 18.9. The zero-order valence-corrected chi connectivity index (χ0v) is 15.9. The Bertz CT molecular complexity index is 1010. The van der Waals surface area contributed by atoms with Gasteiger partial charge in [0.1, 0.15) is 17.1 Å². The molecule has 1 N–H and O–H groups in total. The summed E-state index contributed by atoms with van der Waals surface area (Å²) < 4.78 is 31.9. The number of aromatic nitrogens is 1. The molecule has 0 radical (unpaired) electrons. The van der Waals surface area contributed by atoms with Gasteiger partial charge >= 0.3 is 5.97 Å². The second-order valence-corrected chi connectivity index (χ2v) is 8.10. The number of halogens is 2. The number of carboxylic acids is 1. The van der Waals surface area contributed by atoms with Gasteiger partial charge in [0.25, 0.3) is 0 Å². The van der Waals surface area contributed by atoms with Gasteiger partial charge in [-0.25, -0.2) is 13.6 Å². The summed E-state index contributed by atoms with van der Waals surface area (Å²) in [5.74, 6) is -2.68. The Morgan fingerprint density at radius 2 is 2.00 bits per heavy atom. The van der Waals surface area contributed by atoms with Crippen LogP contribution in [0, 0.1) is 17.6 Å². The van der Waals surface area contributed by atoms with Crippen LogP contribution in [0.25, 0.3) is 10.9 Å². The Hall–Kier alpha value is -2.48. The second-order valence-electron chi connectivity index (χ2n) is 8.10. The normalized spacial score (nSPS) is 19.8. The molecule has 1 saturated heterocycles. The van der Waals surface area contributed by atoms with Crippen LogP contribution in [0.2, 0.25) is 0 Å². The summed E-state index contributed by atoms with van der Waals surface area (Å²) in [5.41, 5.74) is -1.43. The predicted octanol–water partition coefficient (Wildman–Crippen LogP) is 2.70. The number of benzene rings is 1. The molecule has 0 amide bonds. The van der Waals surface area contributed by atoms with Crippen molar-refractivity contribution >= 4 is 22.6 Å². The summed E-state index contributed by atoms with van der Waals surface area (Å²) in [6.45, 7) is 1.92. The maximum Gasteiger partial charge on any atom is 0.341 e. The summed E-state index contributed by atoms with van der Waals surface area (Å²) in [4.78, 5) is 27.7. The number of anilines is 1. The summed E-state index contributed by atoms with van der Waals surface area (Å²) in [5, 5.41) is 9.09. The van der Waals surface area contributed by atoms with E-state index in [0.717, 1.165) is 31.9 Å². The van der Waals surface area contributed by atoms with E-state index in [1.807, 2.05) is 14.1 Å². The number of carbonyl (C=O) groups is 1. The highest BCUT2D eigenvalue weighted by Gasteiger charge is 2.33. The highest BCUT2D eigenvalue weighted by atomic mass is 19.1. The zero-order valence-electron chi connectivity index (χ0n) is 15.9. The Labute approximate surface area is 161 Å². The van der Waals surface area contributed by atoms with Gasteiger partial charge in [0, 0.05) is 31.9 Å². The number of rotatable bonds is 5. The SMILES string of the molecule is CN(C)CC1CCN(c2c(F)cc3c(=O)c(C(=O)O)cn(C4CC4)c3c2F)C1. The van der Waals surface area contributed by atoms with Gasteiger partial charge in [-0.2, -0.15) is 0 Å². The van der Waals surface area contributed by atoms with Crippen LogP contribution in [0.15, 0.2) is 17.1 Å². The van der Waals surface area contributed by atoms with Gasteiger partial charge in [-0.1, -0.05) is 0 Å². The number of carboxylic acid groups (broad SMARTS) is 1. The lowest BCUT2D eigenvalue weighted by molar-refractivity contribution is 0.0695. The van der Waals surface area contributed by atoms with E-state index in [1.54, 1.807) is 4.90 Å². The minimum absolute atomic E-state index is 0.00459. The number of nitrogens with zero attached hydrogens (tertiary/aromatic N) is 3. The predicted molar refractivity (Wildman–Crippen MR) is 102 cm³/mol. The van der Waals surface area contributed by atoms with Gasteiger partial charge in [-0.05, 0) is 45.3 Å². The Morgan fingerprint density at radius 1 is 1.29 bits per heavy atom. The number of fused-ring (bicyclic) bond motifs is 1. The van der Waals surface area contributed by atoms with Gasteiger partial charge in [-0.3, -0.25) is 4.79 Å². The topological polar surface area (TPSA) is 65.8 Å². The van der Waals surface area contributed by atoms with Crippen LogP contribution in [0.1, 0.15) is 35.7 Å². The van der Waals surface area contributed by atoms with Crippen molar-refractivity contribution in [1.29, 1.82) is 0 Å². The third kappa shape index (κ3) is 3.15. The van der Waals surface area contributed by atoms with Crippen molar-refractivity contribution in [3.05, 3.63) is 39.7 Å². The van der Waals surface area contributed by atoms with Crippen molar-refractivity contribution in [2.24, 2.45) is 5.92 Å². The van der Waals surface area contributed by atoms with Gasteiger partial charge < -0.3 is 19.5 Å². The summed E-state index contributed by atoms with van der Waals surface area (Å²) >= 11 is 0. The zero-order chi connectivity index (χ0) is 20.2. The molecule has 1 aromatic heterocycles. The maximum absolute atomic E-state index is 15.5. The highest BCUT2D eigenvalue weighted by Crippen LogP contribution is 2.40. The van der Waals surface area contributed by atoms with Crippen LogP contribution in [0.3, 0.4) is 0 Å². The number of hydrogen-bond donors (Lipinski definition) is 1. The van der Waals surface area contributed by atoms with Gasteiger partial charge in [-0.15, -0.1) is 0 Å². The van der Waals surface area contributed by atoms with Crippen LogP contribution in [-0.2, 0) is 0 Å². The van der Waals surface area contributed by atoms with Crippen molar-refractivity contribution in [3.8, 4) is 0 Å². The fraction of sp³-hybridized carbons (Fsp3) is 0.500. The minimum atomic E-state index is -1.39. The third-order valence-corrected chi connectivity index (χ3v) is 5.58. The van der Waals surface area contributed by atoms with Crippen molar-refractivity contribution in [3.63, 3.8) is 0 Å². The molecule has 1 aliphatic heterocycles. The third-order valence-electron chi connectivity index (χ3n) is 5.58. The Kier molecular flexibility index (Phi) is 4.61. The van der Waals surface area contributed by atoms with Crippen molar-refractivity contribution in [1.82, 2.24) is 9.47 Å². The molecule has 1 saturated carbocycles. The van der Waals surface area contributed by atoms with Gasteiger partial charge in [0.15, 0.2) is 5.82 Å². The molecule has 1 atom stereocenters. The molecule has 1 unspecified atom stereocenters. The number of hydrogen-bond acceptors (Lipinski definition) is 4. The van der Waals surface area contributed by atoms with E-state index in [4.69, 9.17) is 0 Å². The molecule has 2 fully saturated rings. The molecule has 1 aliphatic carbocycles. The quantitative estimate of drug-likeness (QED) is 0.849. The molecule has 4 rings (SSSR count). The largest absolute Gasteiger partial charge is 0.477 e. The van der Waals surface area contributed by atoms with Crippen LogP contribution < -0.4 is 10.3 Å². The molecule has 0 bridgehead atoms. The Morgan fingerprint density at radius 3 is 2.61 bits per heavy atom. The molecule has 2 heterocycles. The van der Waals surface area contributed by atoms with E-state index in [9.17, 15) is 19.1 Å². The summed E-state index contributed by atoms with van der Waals surface area (Å²) in [6.07, 6.45) is 3.59. The van der Waals surface area contributed by atoms with Crippen molar-refractivity contribution in [2.45, 2.75) is 25.3 Å². The standard InChI is InChI=1S/C20H23F2N3O3/c1-23(2)8-11-5-6-24(9-11)18-15(21)7-13-17(16(18)22)25(12-3-4-12)10-14(19(13)26)20(27)28/h7,10-12H,3-6,8-9H2,1-2H3,(H,27,28). The molecule has 2 aromatic rings. The van der Waals surface area contributed by atoms with Crippen LogP contribution in [0.5, 0.6) is 0 Å². The lowest BCUT2D eigenvalue weighted by Gasteiger charge is -2.23. The van der Waals surface area contributed by atoms with Gasteiger partial charge in [0.2, 0.25) is 5.43 Å². The average molecular weight is 391 g/mol. The van der Waals surface area contributed by atoms with Crippen LogP contribution in [0.4, 0.5) is 14.5 Å². The number of aromatic carboxylic acids is 1. The first-order valence-electron chi connectivity index (χ1n) is 9.47. The first-order valence-corrected chi connectivity index (χ1v) is 9.47. The molecule has 150 valence electrons. The lowest BCUT2D eigenvalue weighted by Crippen LogP contribution is -2.27. The van der Waals surface area contributed by atoms with E-state index >= 15 is 4.39 Å². The Balaban J connectivity index is 1.86. The molecule has 1 aromatic carbocycles. The van der Waals surface area contributed by atoms with Crippen LogP contribution in [-0.4, -0.2) is 54.3 Å². The highest BCUT2D eigenvalue weighted by molar-refractivity contribution is 5.94. The fourth-order valence-electron chi connectivity index (χ4n) is 4.22. The molecule has 2 aliphatic rings. The minimum Gasteiger partial charge on any atom is -0.477 e. The number of pyridine rings is 1. The lowest BCUT2D eigenvalue weighted by atomic mass is 10.1. The van der Waals surface area contributed by atoms with E-state index in [0.29, 0.717) is 19.0 Å². The van der Waals surface area contributed by atoms with E-state index in [2.05, 4.69) is 4.90 Å². The second kappa shape index (κ2) is 6.84. The molecular weight excluding hydrogens is 368 g/mol. The summed E-state index contributed by atoms with van der Waals surface area (Å²) in [6, 6.07) is 0.940. The smallest absolute Gasteiger partial charge is 0.341 e. The first-order chi connectivity index (χ1) is 13.3. The molecule has 8 heteroatoms. The van der Waals surface area contributed by atoms with E-state index in [1.165, 1.54) is 10.8 Å². The van der Waals surface area contributed by atoms with E-state index < -0.39 is 28.6 Å². The van der Waals surface area contributed by atoms with Gasteiger partial charge in [0.05, 0.1) is 10.9 Å².